The van der Waals surface area contributed by atoms with E-state index in [1.807, 2.05) is 55.5 Å². The third-order valence-corrected chi connectivity index (χ3v) is 4.59. The number of para-hydroxylation sites is 1. The number of aryl methyl sites for hydroxylation is 2. The molecular weight excluding hydrogens is 340 g/mol. The lowest BCUT2D eigenvalue weighted by Crippen LogP contribution is -2.24. The highest BCUT2D eigenvalue weighted by Crippen LogP contribution is 2.22. The number of nitrogens with one attached hydrogen (secondary N) is 2. The van der Waals surface area contributed by atoms with Gasteiger partial charge in [-0.05, 0) is 24.1 Å². The minimum atomic E-state index is 0.000669. The number of nitrogens with zero attached hydrogens (tertiary/aromatic N) is 2. The highest BCUT2D eigenvalue weighted by atomic mass is 16.5. The van der Waals surface area contributed by atoms with Crippen molar-refractivity contribution in [3.63, 3.8) is 0 Å². The van der Waals surface area contributed by atoms with Gasteiger partial charge in [-0.1, -0.05) is 47.6 Å². The molecular formula is C21H20N4O2. The number of hydrogen-bond acceptors (Lipinski definition) is 4. The summed E-state index contributed by atoms with van der Waals surface area (Å²) in [5.74, 6) is 1.10. The number of H-pyrrole nitrogens is 1. The predicted octanol–water partition coefficient (Wildman–Crippen LogP) is 3.69. The molecule has 0 unspecified atom stereocenters. The second kappa shape index (κ2) is 7.07. The highest BCUT2D eigenvalue weighted by Gasteiger charge is 2.12. The largest absolute Gasteiger partial charge is 0.358 e. The second-order valence-electron chi connectivity index (χ2n) is 6.56. The van der Waals surface area contributed by atoms with E-state index in [0.29, 0.717) is 24.7 Å². The van der Waals surface area contributed by atoms with E-state index in [2.05, 4.69) is 20.4 Å². The highest BCUT2D eigenvalue weighted by molar-refractivity contribution is 5.90. The van der Waals surface area contributed by atoms with Crippen molar-refractivity contribution in [2.45, 2.75) is 26.8 Å². The van der Waals surface area contributed by atoms with Crippen LogP contribution in [0.3, 0.4) is 0 Å². The van der Waals surface area contributed by atoms with E-state index in [0.717, 1.165) is 33.3 Å². The Kier molecular flexibility index (Phi) is 4.46. The first kappa shape index (κ1) is 17.0. The monoisotopic (exact) mass is 360 g/mol. The molecule has 0 saturated carbocycles. The number of benzene rings is 2. The van der Waals surface area contributed by atoms with Crippen molar-refractivity contribution < 1.29 is 9.32 Å². The average molecular weight is 360 g/mol. The van der Waals surface area contributed by atoms with E-state index in [4.69, 9.17) is 4.52 Å². The van der Waals surface area contributed by atoms with Crippen LogP contribution in [0.4, 0.5) is 0 Å². The van der Waals surface area contributed by atoms with Crippen molar-refractivity contribution in [3.8, 4) is 11.4 Å². The van der Waals surface area contributed by atoms with Crippen molar-refractivity contribution >= 4 is 16.8 Å². The Morgan fingerprint density at radius 2 is 1.89 bits per heavy atom. The van der Waals surface area contributed by atoms with Crippen LogP contribution >= 0.6 is 0 Å². The van der Waals surface area contributed by atoms with E-state index in [1.54, 1.807) is 6.92 Å². The summed E-state index contributed by atoms with van der Waals surface area (Å²) in [7, 11) is 0. The molecule has 2 aromatic carbocycles. The summed E-state index contributed by atoms with van der Waals surface area (Å²) >= 11 is 0. The maximum absolute atomic E-state index is 12.4. The van der Waals surface area contributed by atoms with E-state index in [1.165, 1.54) is 0 Å². The lowest BCUT2D eigenvalue weighted by atomic mass is 10.1. The average Bonchev–Trinajstić information content (AvgIpc) is 3.24. The molecule has 4 rings (SSSR count). The molecule has 0 spiro atoms. The van der Waals surface area contributed by atoms with Gasteiger partial charge in [0.05, 0.1) is 6.42 Å². The van der Waals surface area contributed by atoms with Crippen LogP contribution in [0.15, 0.2) is 53.1 Å². The fourth-order valence-electron chi connectivity index (χ4n) is 3.17. The van der Waals surface area contributed by atoms with Gasteiger partial charge in [0, 0.05) is 35.6 Å². The van der Waals surface area contributed by atoms with E-state index in [-0.39, 0.29) is 5.91 Å². The smallest absolute Gasteiger partial charge is 0.224 e. The molecule has 0 aliphatic heterocycles. The lowest BCUT2D eigenvalue weighted by Gasteiger charge is -2.06. The summed E-state index contributed by atoms with van der Waals surface area (Å²) in [6, 6.07) is 15.8. The minimum absolute atomic E-state index is 0.000669. The van der Waals surface area contributed by atoms with E-state index >= 15 is 0 Å². The van der Waals surface area contributed by atoms with Gasteiger partial charge in [-0.2, -0.15) is 4.98 Å². The van der Waals surface area contributed by atoms with Crippen LogP contribution in [0.2, 0.25) is 0 Å². The van der Waals surface area contributed by atoms with Crippen LogP contribution in [0.25, 0.3) is 22.3 Å². The van der Waals surface area contributed by atoms with Crippen LogP contribution < -0.4 is 5.32 Å². The molecule has 6 nitrogen and oxygen atoms in total. The molecule has 6 heteroatoms. The van der Waals surface area contributed by atoms with Gasteiger partial charge in [0.1, 0.15) is 0 Å². The summed E-state index contributed by atoms with van der Waals surface area (Å²) in [5.41, 5.74) is 5.04. The normalized spacial score (nSPS) is 11.0. The summed E-state index contributed by atoms with van der Waals surface area (Å²) in [5, 5.41) is 8.00. The van der Waals surface area contributed by atoms with E-state index < -0.39 is 0 Å². The first-order valence-electron chi connectivity index (χ1n) is 8.82. The number of aromatic amines is 1. The van der Waals surface area contributed by atoms with Crippen molar-refractivity contribution in [2.75, 3.05) is 0 Å². The molecule has 0 saturated heterocycles. The zero-order chi connectivity index (χ0) is 18.8. The van der Waals surface area contributed by atoms with Crippen LogP contribution in [-0.2, 0) is 17.8 Å². The summed E-state index contributed by atoms with van der Waals surface area (Å²) in [6.07, 6.45) is 0.357. The van der Waals surface area contributed by atoms with Crippen molar-refractivity contribution in [2.24, 2.45) is 0 Å². The third kappa shape index (κ3) is 3.60. The Labute approximate surface area is 156 Å². The Morgan fingerprint density at radius 1 is 1.11 bits per heavy atom. The molecule has 4 aromatic rings. The van der Waals surface area contributed by atoms with Gasteiger partial charge < -0.3 is 14.8 Å². The fraction of sp³-hybridized carbons (Fsp3) is 0.190. The van der Waals surface area contributed by atoms with Crippen molar-refractivity contribution in [1.82, 2.24) is 20.4 Å². The fourth-order valence-corrected chi connectivity index (χ4v) is 3.17. The first-order valence-corrected chi connectivity index (χ1v) is 8.82. The molecule has 0 atom stereocenters. The number of rotatable bonds is 5. The lowest BCUT2D eigenvalue weighted by molar-refractivity contribution is -0.120. The molecule has 27 heavy (non-hydrogen) atoms. The Bertz CT molecular complexity index is 1090. The number of amides is 1. The Morgan fingerprint density at radius 3 is 2.63 bits per heavy atom. The predicted molar refractivity (Wildman–Crippen MR) is 103 cm³/mol. The summed E-state index contributed by atoms with van der Waals surface area (Å²) in [6.45, 7) is 4.24. The third-order valence-electron chi connectivity index (χ3n) is 4.59. The van der Waals surface area contributed by atoms with Crippen molar-refractivity contribution in [1.29, 1.82) is 0 Å². The molecule has 0 bridgehead atoms. The SMILES string of the molecule is Cc1nc(-c2ccc(CNC(=O)Cc3c(C)[nH]c4ccccc34)cc2)no1. The van der Waals surface area contributed by atoms with Crippen LogP contribution in [0, 0.1) is 13.8 Å². The molecule has 0 fully saturated rings. The zero-order valence-electron chi connectivity index (χ0n) is 15.2. The maximum atomic E-state index is 12.4. The molecule has 0 radical (unpaired) electrons. The Hall–Kier alpha value is -3.41. The molecule has 136 valence electrons. The van der Waals surface area contributed by atoms with Gasteiger partial charge in [0.25, 0.3) is 0 Å². The number of fused-ring (bicyclic) bond motifs is 1. The molecule has 2 N–H and O–H groups in total. The van der Waals surface area contributed by atoms with Crippen LogP contribution in [0.1, 0.15) is 22.7 Å². The maximum Gasteiger partial charge on any atom is 0.224 e. The zero-order valence-corrected chi connectivity index (χ0v) is 15.2. The van der Waals surface area contributed by atoms with Gasteiger partial charge in [-0.25, -0.2) is 0 Å². The number of carbonyl (C=O) groups is 1. The first-order chi connectivity index (χ1) is 13.1. The molecule has 2 heterocycles. The second-order valence-corrected chi connectivity index (χ2v) is 6.56. The van der Waals surface area contributed by atoms with Crippen LogP contribution in [-0.4, -0.2) is 21.0 Å². The quantitative estimate of drug-likeness (QED) is 0.568. The minimum Gasteiger partial charge on any atom is -0.358 e. The van der Waals surface area contributed by atoms with Gasteiger partial charge in [-0.3, -0.25) is 4.79 Å². The van der Waals surface area contributed by atoms with Gasteiger partial charge in [0.15, 0.2) is 0 Å². The Balaban J connectivity index is 1.39. The van der Waals surface area contributed by atoms with Crippen molar-refractivity contribution in [3.05, 3.63) is 71.2 Å². The standard InChI is InChI=1S/C21H20N4O2/c1-13-18(17-5-3-4-6-19(17)23-13)11-20(26)22-12-15-7-9-16(10-8-15)21-24-14(2)27-25-21/h3-10,23H,11-12H2,1-2H3,(H,22,26). The van der Waals surface area contributed by atoms with E-state index in [9.17, 15) is 4.79 Å². The summed E-state index contributed by atoms with van der Waals surface area (Å²) < 4.78 is 5.00. The molecule has 1 amide bonds. The number of carbonyl (C=O) groups excluding carboxylic acids is 1. The number of hydrogen-bond donors (Lipinski definition) is 2. The van der Waals surface area contributed by atoms with Gasteiger partial charge in [-0.15, -0.1) is 0 Å². The molecule has 2 aromatic heterocycles. The van der Waals surface area contributed by atoms with Gasteiger partial charge >= 0.3 is 0 Å². The summed E-state index contributed by atoms with van der Waals surface area (Å²) in [4.78, 5) is 20.0. The van der Waals surface area contributed by atoms with Crippen LogP contribution in [0.5, 0.6) is 0 Å². The van der Waals surface area contributed by atoms with Gasteiger partial charge in [0.2, 0.25) is 17.6 Å². The molecule has 0 aliphatic rings. The molecule has 0 aliphatic carbocycles. The number of aromatic nitrogens is 3. The topological polar surface area (TPSA) is 83.8 Å².